The second-order valence-corrected chi connectivity index (χ2v) is 5.18. The standard InChI is InChI=1S/C18H21NO4/c1-5-23-18(21)17(20)16-14(13-9-7-6-8-10-13)11-15(19(16)3)12(2)22-4/h6-12H,5H2,1-4H3. The van der Waals surface area contributed by atoms with E-state index in [9.17, 15) is 9.59 Å². The van der Waals surface area contributed by atoms with Gasteiger partial charge in [-0.15, -0.1) is 0 Å². The van der Waals surface area contributed by atoms with Crippen molar-refractivity contribution in [2.45, 2.75) is 20.0 Å². The van der Waals surface area contributed by atoms with Gasteiger partial charge in [0.05, 0.1) is 12.7 Å². The maximum atomic E-state index is 12.5. The van der Waals surface area contributed by atoms with Crippen LogP contribution < -0.4 is 0 Å². The number of hydrogen-bond donors (Lipinski definition) is 0. The van der Waals surface area contributed by atoms with Gasteiger partial charge in [0, 0.05) is 25.4 Å². The second-order valence-electron chi connectivity index (χ2n) is 5.18. The van der Waals surface area contributed by atoms with Crippen molar-refractivity contribution in [3.63, 3.8) is 0 Å². The van der Waals surface area contributed by atoms with Crippen LogP contribution in [0.1, 0.15) is 36.1 Å². The molecule has 2 rings (SSSR count). The van der Waals surface area contributed by atoms with Crippen LogP contribution in [-0.4, -0.2) is 30.0 Å². The fourth-order valence-corrected chi connectivity index (χ4v) is 2.54. The number of hydrogen-bond acceptors (Lipinski definition) is 4. The predicted molar refractivity (Wildman–Crippen MR) is 87.2 cm³/mol. The van der Waals surface area contributed by atoms with Crippen LogP contribution in [0.15, 0.2) is 36.4 Å². The number of methoxy groups -OCH3 is 1. The zero-order valence-corrected chi connectivity index (χ0v) is 13.8. The number of aromatic nitrogens is 1. The molecule has 0 aliphatic carbocycles. The summed E-state index contributed by atoms with van der Waals surface area (Å²) in [5.74, 6) is -1.50. The van der Waals surface area contributed by atoms with Crippen molar-refractivity contribution in [2.24, 2.45) is 7.05 Å². The molecule has 0 spiro atoms. The summed E-state index contributed by atoms with van der Waals surface area (Å²) in [5.41, 5.74) is 2.70. The Balaban J connectivity index is 2.60. The SMILES string of the molecule is CCOC(=O)C(=O)c1c(-c2ccccc2)cc(C(C)OC)n1C. The van der Waals surface area contributed by atoms with E-state index in [1.54, 1.807) is 25.6 Å². The Morgan fingerprint density at radius 3 is 2.43 bits per heavy atom. The van der Waals surface area contributed by atoms with Crippen molar-refractivity contribution in [1.82, 2.24) is 4.57 Å². The molecular formula is C18H21NO4. The minimum Gasteiger partial charge on any atom is -0.460 e. The molecule has 122 valence electrons. The Morgan fingerprint density at radius 1 is 1.22 bits per heavy atom. The van der Waals surface area contributed by atoms with E-state index in [1.807, 2.05) is 43.3 Å². The third kappa shape index (κ3) is 3.35. The van der Waals surface area contributed by atoms with Crippen LogP contribution in [0.25, 0.3) is 11.1 Å². The molecule has 0 bridgehead atoms. The lowest BCUT2D eigenvalue weighted by atomic mass is 10.0. The number of nitrogens with zero attached hydrogens (tertiary/aromatic N) is 1. The van der Waals surface area contributed by atoms with Crippen molar-refractivity contribution >= 4 is 11.8 Å². The van der Waals surface area contributed by atoms with Gasteiger partial charge < -0.3 is 14.0 Å². The molecule has 0 aliphatic heterocycles. The maximum absolute atomic E-state index is 12.5. The molecule has 5 heteroatoms. The molecule has 1 aromatic carbocycles. The molecule has 0 saturated carbocycles. The van der Waals surface area contributed by atoms with Crippen molar-refractivity contribution in [1.29, 1.82) is 0 Å². The molecule has 1 atom stereocenters. The summed E-state index contributed by atoms with van der Waals surface area (Å²) in [5, 5.41) is 0. The molecule has 2 aromatic rings. The maximum Gasteiger partial charge on any atom is 0.381 e. The fraction of sp³-hybridized carbons (Fsp3) is 0.333. The molecule has 5 nitrogen and oxygen atoms in total. The molecule has 0 N–H and O–H groups in total. The van der Waals surface area contributed by atoms with Gasteiger partial charge in [-0.3, -0.25) is 4.79 Å². The van der Waals surface area contributed by atoms with Crippen LogP contribution in [0.3, 0.4) is 0 Å². The van der Waals surface area contributed by atoms with Gasteiger partial charge in [0.2, 0.25) is 0 Å². The Kier molecular flexibility index (Phi) is 5.34. The average molecular weight is 315 g/mol. The van der Waals surface area contributed by atoms with E-state index in [4.69, 9.17) is 9.47 Å². The Morgan fingerprint density at radius 2 is 1.87 bits per heavy atom. The van der Waals surface area contributed by atoms with Gasteiger partial charge in [0.1, 0.15) is 5.69 Å². The zero-order chi connectivity index (χ0) is 17.0. The first kappa shape index (κ1) is 17.0. The number of esters is 1. The highest BCUT2D eigenvalue weighted by Crippen LogP contribution is 2.31. The van der Waals surface area contributed by atoms with Gasteiger partial charge in [-0.25, -0.2) is 4.79 Å². The lowest BCUT2D eigenvalue weighted by molar-refractivity contribution is -0.137. The highest BCUT2D eigenvalue weighted by molar-refractivity contribution is 6.41. The monoisotopic (exact) mass is 315 g/mol. The van der Waals surface area contributed by atoms with Gasteiger partial charge in [-0.2, -0.15) is 0 Å². The number of benzene rings is 1. The number of ketones is 1. The summed E-state index contributed by atoms with van der Waals surface area (Å²) in [7, 11) is 3.36. The van der Waals surface area contributed by atoms with Crippen LogP contribution in [0, 0.1) is 0 Å². The molecule has 0 aliphatic rings. The summed E-state index contributed by atoms with van der Waals surface area (Å²) >= 11 is 0. The van der Waals surface area contributed by atoms with E-state index in [2.05, 4.69) is 0 Å². The summed E-state index contributed by atoms with van der Waals surface area (Å²) in [6.45, 7) is 3.73. The van der Waals surface area contributed by atoms with Gasteiger partial charge >= 0.3 is 5.97 Å². The lowest BCUT2D eigenvalue weighted by Gasteiger charge is -2.12. The molecule has 1 unspecified atom stereocenters. The fourth-order valence-electron chi connectivity index (χ4n) is 2.54. The van der Waals surface area contributed by atoms with Crippen molar-refractivity contribution in [3.8, 4) is 11.1 Å². The molecule has 0 saturated heterocycles. The zero-order valence-electron chi connectivity index (χ0n) is 13.8. The van der Waals surface area contributed by atoms with Crippen molar-refractivity contribution in [3.05, 3.63) is 47.8 Å². The van der Waals surface area contributed by atoms with Gasteiger partial charge in [0.25, 0.3) is 5.78 Å². The van der Waals surface area contributed by atoms with E-state index in [-0.39, 0.29) is 12.7 Å². The average Bonchev–Trinajstić information content (AvgIpc) is 2.91. The van der Waals surface area contributed by atoms with E-state index in [1.165, 1.54) is 0 Å². The molecule has 0 fully saturated rings. The number of carbonyl (C=O) groups excluding carboxylic acids is 2. The quantitative estimate of drug-likeness (QED) is 0.467. The van der Waals surface area contributed by atoms with Crippen LogP contribution in [-0.2, 0) is 21.3 Å². The molecule has 0 amide bonds. The predicted octanol–water partition coefficient (Wildman–Crippen LogP) is 3.15. The number of rotatable bonds is 6. The van der Waals surface area contributed by atoms with Crippen LogP contribution in [0.5, 0.6) is 0 Å². The first-order valence-corrected chi connectivity index (χ1v) is 7.50. The number of Topliss-reactive ketones (excluding diaryl/α,β-unsaturated/α-hetero) is 1. The van der Waals surface area contributed by atoms with E-state index >= 15 is 0 Å². The summed E-state index contributed by atoms with van der Waals surface area (Å²) < 4.78 is 11.9. The Bertz CT molecular complexity index is 703. The lowest BCUT2D eigenvalue weighted by Crippen LogP contribution is -2.21. The largest absolute Gasteiger partial charge is 0.460 e. The van der Waals surface area contributed by atoms with Crippen LogP contribution >= 0.6 is 0 Å². The van der Waals surface area contributed by atoms with Crippen LogP contribution in [0.2, 0.25) is 0 Å². The third-order valence-corrected chi connectivity index (χ3v) is 3.80. The third-order valence-electron chi connectivity index (χ3n) is 3.80. The van der Waals surface area contributed by atoms with Crippen molar-refractivity contribution in [2.75, 3.05) is 13.7 Å². The van der Waals surface area contributed by atoms with Gasteiger partial charge in [0.15, 0.2) is 0 Å². The Labute approximate surface area is 135 Å². The van der Waals surface area contributed by atoms with E-state index < -0.39 is 11.8 Å². The normalized spacial score (nSPS) is 12.0. The molecule has 0 radical (unpaired) electrons. The molecule has 23 heavy (non-hydrogen) atoms. The first-order valence-electron chi connectivity index (χ1n) is 7.50. The summed E-state index contributed by atoms with van der Waals surface area (Å²) in [4.78, 5) is 24.4. The smallest absolute Gasteiger partial charge is 0.381 e. The van der Waals surface area contributed by atoms with E-state index in [0.29, 0.717) is 11.3 Å². The van der Waals surface area contributed by atoms with E-state index in [0.717, 1.165) is 11.3 Å². The summed E-state index contributed by atoms with van der Waals surface area (Å²) in [6.07, 6.45) is -0.203. The Hall–Kier alpha value is -2.40. The highest BCUT2D eigenvalue weighted by atomic mass is 16.5. The summed E-state index contributed by atoms with van der Waals surface area (Å²) in [6, 6.07) is 11.4. The molecule has 1 heterocycles. The topological polar surface area (TPSA) is 57.5 Å². The van der Waals surface area contributed by atoms with Gasteiger partial charge in [-0.1, -0.05) is 30.3 Å². The second kappa shape index (κ2) is 7.24. The molecule has 1 aromatic heterocycles. The number of carbonyl (C=O) groups is 2. The minimum atomic E-state index is -0.845. The molecular weight excluding hydrogens is 294 g/mol. The first-order chi connectivity index (χ1) is 11.0. The van der Waals surface area contributed by atoms with Crippen LogP contribution in [0.4, 0.5) is 0 Å². The highest BCUT2D eigenvalue weighted by Gasteiger charge is 2.28. The minimum absolute atomic E-state index is 0.164. The number of ether oxygens (including phenoxy) is 2. The van der Waals surface area contributed by atoms with Gasteiger partial charge in [-0.05, 0) is 25.5 Å². The van der Waals surface area contributed by atoms with Crippen molar-refractivity contribution < 1.29 is 19.1 Å².